The second-order valence-corrected chi connectivity index (χ2v) is 9.26. The number of nitrogens with zero attached hydrogens (tertiary/aromatic N) is 3. The van der Waals surface area contributed by atoms with Crippen LogP contribution in [0.15, 0.2) is 40.2 Å². The maximum atomic E-state index is 4.46. The third kappa shape index (κ3) is 6.13. The molecule has 0 aliphatic carbocycles. The first-order valence-corrected chi connectivity index (χ1v) is 11.8. The van der Waals surface area contributed by atoms with E-state index in [1.807, 2.05) is 18.8 Å². The number of guanidine groups is 1. The van der Waals surface area contributed by atoms with Gasteiger partial charge in [0.15, 0.2) is 5.96 Å². The van der Waals surface area contributed by atoms with Crippen LogP contribution in [0.4, 0.5) is 0 Å². The summed E-state index contributed by atoms with van der Waals surface area (Å²) in [5.74, 6) is 1.97. The van der Waals surface area contributed by atoms with Gasteiger partial charge in [0, 0.05) is 36.3 Å². The number of benzene rings is 1. The van der Waals surface area contributed by atoms with E-state index in [1.54, 1.807) is 0 Å². The fourth-order valence-corrected chi connectivity index (χ4v) is 5.12. The normalized spacial score (nSPS) is 21.4. The number of hydrogen-bond donors (Lipinski definition) is 2. The Morgan fingerprint density at radius 2 is 1.75 bits per heavy atom. The fourth-order valence-electron chi connectivity index (χ4n) is 4.33. The van der Waals surface area contributed by atoms with Gasteiger partial charge in [0.1, 0.15) is 0 Å². The van der Waals surface area contributed by atoms with Gasteiger partial charge in [-0.05, 0) is 71.0 Å². The molecular formula is C22H37N5S. The molecule has 0 spiro atoms. The SMILES string of the molecule is CN=C(NCCSc1ccccc1)NCC1(N2CCCCC2)CCN(C)CC1. The quantitative estimate of drug-likeness (QED) is 0.317. The van der Waals surface area contributed by atoms with Gasteiger partial charge >= 0.3 is 0 Å². The zero-order valence-electron chi connectivity index (χ0n) is 17.6. The van der Waals surface area contributed by atoms with Gasteiger partial charge in [-0.3, -0.25) is 9.89 Å². The lowest BCUT2D eigenvalue weighted by molar-refractivity contribution is 0.0173. The molecule has 6 heteroatoms. The standard InChI is InChI=1S/C22H37N5S/c1-23-21(24-13-18-28-20-9-5-3-6-10-20)25-19-22(11-16-26(2)17-12-22)27-14-7-4-8-15-27/h3,5-6,9-10H,4,7-8,11-19H2,1-2H3,(H2,23,24,25). The molecule has 5 nitrogen and oxygen atoms in total. The number of piperidine rings is 2. The molecule has 2 aliphatic rings. The van der Waals surface area contributed by atoms with Crippen molar-refractivity contribution in [2.45, 2.75) is 42.5 Å². The summed E-state index contributed by atoms with van der Waals surface area (Å²) in [6.45, 7) is 6.80. The minimum atomic E-state index is 0.281. The third-order valence-electron chi connectivity index (χ3n) is 6.16. The van der Waals surface area contributed by atoms with Gasteiger partial charge in [-0.15, -0.1) is 11.8 Å². The maximum absolute atomic E-state index is 4.46. The number of thioether (sulfide) groups is 1. The monoisotopic (exact) mass is 403 g/mol. The predicted octanol–water partition coefficient (Wildman–Crippen LogP) is 2.89. The van der Waals surface area contributed by atoms with E-state index in [1.165, 1.54) is 63.2 Å². The van der Waals surface area contributed by atoms with Gasteiger partial charge in [-0.25, -0.2) is 0 Å². The summed E-state index contributed by atoms with van der Waals surface area (Å²) >= 11 is 1.88. The van der Waals surface area contributed by atoms with Gasteiger partial charge in [0.2, 0.25) is 0 Å². The van der Waals surface area contributed by atoms with Crippen LogP contribution in [-0.2, 0) is 0 Å². The molecule has 2 saturated heterocycles. The lowest BCUT2D eigenvalue weighted by Crippen LogP contribution is -2.62. The highest BCUT2D eigenvalue weighted by Crippen LogP contribution is 2.30. The van der Waals surface area contributed by atoms with Gasteiger partial charge < -0.3 is 15.5 Å². The molecule has 2 aliphatic heterocycles. The van der Waals surface area contributed by atoms with E-state index in [0.717, 1.165) is 24.8 Å². The van der Waals surface area contributed by atoms with Crippen LogP contribution >= 0.6 is 11.8 Å². The Labute approximate surface area is 175 Å². The van der Waals surface area contributed by atoms with E-state index in [9.17, 15) is 0 Å². The Balaban J connectivity index is 1.48. The topological polar surface area (TPSA) is 42.9 Å². The van der Waals surface area contributed by atoms with Gasteiger partial charge in [0.25, 0.3) is 0 Å². The molecule has 0 aromatic heterocycles. The molecule has 0 amide bonds. The van der Waals surface area contributed by atoms with Gasteiger partial charge in [-0.2, -0.15) is 0 Å². The molecule has 1 aromatic carbocycles. The van der Waals surface area contributed by atoms with Crippen molar-refractivity contribution in [3.05, 3.63) is 30.3 Å². The van der Waals surface area contributed by atoms with E-state index >= 15 is 0 Å². The minimum Gasteiger partial charge on any atom is -0.356 e. The zero-order valence-corrected chi connectivity index (χ0v) is 18.4. The number of hydrogen-bond acceptors (Lipinski definition) is 4. The molecule has 0 unspecified atom stereocenters. The molecular weight excluding hydrogens is 366 g/mol. The molecule has 2 N–H and O–H groups in total. The van der Waals surface area contributed by atoms with Crippen molar-refractivity contribution in [3.63, 3.8) is 0 Å². The first-order valence-electron chi connectivity index (χ1n) is 10.8. The van der Waals surface area contributed by atoms with E-state index in [-0.39, 0.29) is 5.54 Å². The van der Waals surface area contributed by atoms with Crippen molar-refractivity contribution < 1.29 is 0 Å². The number of rotatable bonds is 7. The van der Waals surface area contributed by atoms with E-state index in [0.29, 0.717) is 0 Å². The van der Waals surface area contributed by atoms with Crippen molar-refractivity contribution in [2.75, 3.05) is 59.1 Å². The molecule has 0 atom stereocenters. The molecule has 1 aromatic rings. The summed E-state index contributed by atoms with van der Waals surface area (Å²) in [5.41, 5.74) is 0.281. The van der Waals surface area contributed by atoms with E-state index < -0.39 is 0 Å². The summed E-state index contributed by atoms with van der Waals surface area (Å²) < 4.78 is 0. The van der Waals surface area contributed by atoms with E-state index in [4.69, 9.17) is 0 Å². The number of nitrogens with one attached hydrogen (secondary N) is 2. The summed E-state index contributed by atoms with van der Waals surface area (Å²) in [6.07, 6.45) is 6.58. The molecule has 0 radical (unpaired) electrons. The van der Waals surface area contributed by atoms with Crippen LogP contribution in [0.1, 0.15) is 32.1 Å². The summed E-state index contributed by atoms with van der Waals surface area (Å²) in [4.78, 5) is 11.0. The Bertz CT molecular complexity index is 592. The summed E-state index contributed by atoms with van der Waals surface area (Å²) in [7, 11) is 4.13. The van der Waals surface area contributed by atoms with Crippen LogP contribution in [0.3, 0.4) is 0 Å². The molecule has 0 saturated carbocycles. The second kappa shape index (κ2) is 11.1. The van der Waals surface area contributed by atoms with Crippen molar-refractivity contribution in [1.29, 1.82) is 0 Å². The number of likely N-dealkylation sites (tertiary alicyclic amines) is 2. The Morgan fingerprint density at radius 1 is 1.04 bits per heavy atom. The van der Waals surface area contributed by atoms with Crippen LogP contribution in [-0.4, -0.2) is 80.4 Å². The highest BCUT2D eigenvalue weighted by Gasteiger charge is 2.39. The zero-order chi connectivity index (χ0) is 19.7. The highest BCUT2D eigenvalue weighted by molar-refractivity contribution is 7.99. The maximum Gasteiger partial charge on any atom is 0.191 e. The molecule has 2 heterocycles. The second-order valence-electron chi connectivity index (χ2n) is 8.09. The summed E-state index contributed by atoms with van der Waals surface area (Å²) in [6, 6.07) is 10.6. The van der Waals surface area contributed by atoms with E-state index in [2.05, 4.69) is 62.8 Å². The highest BCUT2D eigenvalue weighted by atomic mass is 32.2. The third-order valence-corrected chi connectivity index (χ3v) is 7.17. The van der Waals surface area contributed by atoms with Crippen LogP contribution < -0.4 is 10.6 Å². The van der Waals surface area contributed by atoms with Crippen molar-refractivity contribution in [2.24, 2.45) is 4.99 Å². The minimum absolute atomic E-state index is 0.281. The number of aliphatic imine (C=N–C) groups is 1. The molecule has 0 bridgehead atoms. The average Bonchev–Trinajstić information content (AvgIpc) is 2.76. The molecule has 2 fully saturated rings. The molecule has 3 rings (SSSR count). The van der Waals surface area contributed by atoms with Crippen LogP contribution in [0, 0.1) is 0 Å². The van der Waals surface area contributed by atoms with Crippen molar-refractivity contribution in [3.8, 4) is 0 Å². The first kappa shape index (κ1) is 21.5. The Morgan fingerprint density at radius 3 is 2.43 bits per heavy atom. The fraction of sp³-hybridized carbons (Fsp3) is 0.682. The lowest BCUT2D eigenvalue weighted by Gasteiger charge is -2.50. The van der Waals surface area contributed by atoms with Crippen LogP contribution in [0.5, 0.6) is 0 Å². The largest absolute Gasteiger partial charge is 0.356 e. The molecule has 156 valence electrons. The summed E-state index contributed by atoms with van der Waals surface area (Å²) in [5, 5.41) is 7.16. The first-order chi connectivity index (χ1) is 13.7. The molecule has 28 heavy (non-hydrogen) atoms. The van der Waals surface area contributed by atoms with Gasteiger partial charge in [0.05, 0.1) is 0 Å². The Hall–Kier alpha value is -1.24. The smallest absolute Gasteiger partial charge is 0.191 e. The average molecular weight is 404 g/mol. The lowest BCUT2D eigenvalue weighted by atomic mass is 9.84. The Kier molecular flexibility index (Phi) is 8.49. The van der Waals surface area contributed by atoms with Crippen molar-refractivity contribution in [1.82, 2.24) is 20.4 Å². The van der Waals surface area contributed by atoms with Crippen molar-refractivity contribution >= 4 is 17.7 Å². The predicted molar refractivity (Wildman–Crippen MR) is 121 cm³/mol. The van der Waals surface area contributed by atoms with Gasteiger partial charge in [-0.1, -0.05) is 24.6 Å². The van der Waals surface area contributed by atoms with Crippen LogP contribution in [0.2, 0.25) is 0 Å². The van der Waals surface area contributed by atoms with Crippen LogP contribution in [0.25, 0.3) is 0 Å².